The summed E-state index contributed by atoms with van der Waals surface area (Å²) in [6, 6.07) is 11.7. The number of hydrogen-bond donors (Lipinski definition) is 1. The van der Waals surface area contributed by atoms with Crippen LogP contribution in [0.2, 0.25) is 0 Å². The molecule has 0 saturated heterocycles. The number of hydrogen-bond acceptors (Lipinski definition) is 5. The Morgan fingerprint density at radius 3 is 2.59 bits per heavy atom. The summed E-state index contributed by atoms with van der Waals surface area (Å²) in [4.78, 5) is 13.1. The molecule has 1 amide bonds. The lowest BCUT2D eigenvalue weighted by Gasteiger charge is -2.20. The van der Waals surface area contributed by atoms with Gasteiger partial charge < -0.3 is 10.1 Å². The summed E-state index contributed by atoms with van der Waals surface area (Å²) >= 11 is 1.55. The fourth-order valence-corrected chi connectivity index (χ4v) is 4.89. The molecule has 1 atom stereocenters. The number of ether oxygens (including phenoxy) is 1. The van der Waals surface area contributed by atoms with Gasteiger partial charge in [-0.05, 0) is 49.4 Å². The quantitative estimate of drug-likeness (QED) is 0.821. The van der Waals surface area contributed by atoms with Crippen molar-refractivity contribution < 1.29 is 17.9 Å². The van der Waals surface area contributed by atoms with Gasteiger partial charge in [0.2, 0.25) is 5.91 Å². The van der Waals surface area contributed by atoms with Gasteiger partial charge in [-0.25, -0.2) is 8.42 Å². The van der Waals surface area contributed by atoms with Crippen molar-refractivity contribution in [2.75, 3.05) is 29.0 Å². The standard InChI is InChI=1S/C19H22N2O4S2/c1-4-25-15-7-5-14(6-8-15)21(3)27(23,24)16-9-10-18-17(11-16)20-19(22)13(2)12-26-18/h5-11,13H,4,12H2,1-3H3,(H,20,22)/t13-/m1/s1. The summed E-state index contributed by atoms with van der Waals surface area (Å²) < 4.78 is 32.7. The SMILES string of the molecule is CCOc1ccc(N(C)S(=O)(=O)c2ccc3c(c2)NC(=O)[C@H](C)CS3)cc1. The molecule has 1 aliphatic rings. The van der Waals surface area contributed by atoms with E-state index in [-0.39, 0.29) is 16.7 Å². The molecule has 1 heterocycles. The molecule has 2 aromatic rings. The molecule has 3 rings (SSSR count). The van der Waals surface area contributed by atoms with E-state index in [1.54, 1.807) is 48.2 Å². The van der Waals surface area contributed by atoms with E-state index < -0.39 is 10.0 Å². The van der Waals surface area contributed by atoms with Crippen LogP contribution >= 0.6 is 11.8 Å². The minimum absolute atomic E-state index is 0.101. The molecule has 0 aromatic heterocycles. The number of fused-ring (bicyclic) bond motifs is 1. The van der Waals surface area contributed by atoms with Crippen LogP contribution in [0.3, 0.4) is 0 Å². The van der Waals surface area contributed by atoms with E-state index in [9.17, 15) is 13.2 Å². The zero-order chi connectivity index (χ0) is 19.6. The first-order valence-electron chi connectivity index (χ1n) is 8.62. The maximum atomic E-state index is 13.0. The molecule has 2 aromatic carbocycles. The number of carbonyl (C=O) groups excluding carboxylic acids is 1. The third kappa shape index (κ3) is 4.06. The number of amides is 1. The van der Waals surface area contributed by atoms with E-state index in [0.29, 0.717) is 29.5 Å². The summed E-state index contributed by atoms with van der Waals surface area (Å²) in [6.07, 6.45) is 0. The number of sulfonamides is 1. The molecular formula is C19H22N2O4S2. The molecule has 0 spiro atoms. The number of nitrogens with one attached hydrogen (secondary N) is 1. The van der Waals surface area contributed by atoms with Gasteiger partial charge in [-0.15, -0.1) is 11.8 Å². The van der Waals surface area contributed by atoms with Crippen LogP contribution in [0.5, 0.6) is 5.75 Å². The highest BCUT2D eigenvalue weighted by molar-refractivity contribution is 7.99. The normalized spacial score (nSPS) is 16.9. The van der Waals surface area contributed by atoms with Crippen molar-refractivity contribution in [1.82, 2.24) is 0 Å². The molecule has 0 saturated carbocycles. The molecule has 0 bridgehead atoms. The third-order valence-corrected chi connectivity index (χ3v) is 7.43. The highest BCUT2D eigenvalue weighted by Gasteiger charge is 2.25. The predicted octanol–water partition coefficient (Wildman–Crippen LogP) is 3.59. The molecule has 1 aliphatic heterocycles. The van der Waals surface area contributed by atoms with Gasteiger partial charge in [0.25, 0.3) is 10.0 Å². The van der Waals surface area contributed by atoms with Crippen LogP contribution in [0.25, 0.3) is 0 Å². The summed E-state index contributed by atoms with van der Waals surface area (Å²) in [5, 5.41) is 2.83. The van der Waals surface area contributed by atoms with E-state index in [4.69, 9.17) is 4.74 Å². The first-order chi connectivity index (χ1) is 12.8. The molecule has 0 aliphatic carbocycles. The number of rotatable bonds is 5. The maximum Gasteiger partial charge on any atom is 0.264 e. The highest BCUT2D eigenvalue weighted by atomic mass is 32.2. The Labute approximate surface area is 164 Å². The molecule has 6 nitrogen and oxygen atoms in total. The summed E-state index contributed by atoms with van der Waals surface area (Å²) in [5.74, 6) is 1.12. The number of thioether (sulfide) groups is 1. The molecule has 0 unspecified atom stereocenters. The van der Waals surface area contributed by atoms with E-state index in [0.717, 1.165) is 4.90 Å². The van der Waals surface area contributed by atoms with Gasteiger partial charge in [0, 0.05) is 23.6 Å². The van der Waals surface area contributed by atoms with Crippen molar-refractivity contribution >= 4 is 39.1 Å². The van der Waals surface area contributed by atoms with E-state index in [1.165, 1.54) is 17.4 Å². The van der Waals surface area contributed by atoms with E-state index >= 15 is 0 Å². The van der Waals surface area contributed by atoms with Crippen molar-refractivity contribution in [2.45, 2.75) is 23.6 Å². The van der Waals surface area contributed by atoms with Crippen LogP contribution < -0.4 is 14.4 Å². The van der Waals surface area contributed by atoms with Crippen molar-refractivity contribution in [3.05, 3.63) is 42.5 Å². The number of carbonyl (C=O) groups is 1. The fraction of sp³-hybridized carbons (Fsp3) is 0.316. The number of anilines is 2. The van der Waals surface area contributed by atoms with Gasteiger partial charge in [0.1, 0.15) is 5.75 Å². The lowest BCUT2D eigenvalue weighted by Crippen LogP contribution is -2.26. The Morgan fingerprint density at radius 2 is 1.93 bits per heavy atom. The zero-order valence-corrected chi connectivity index (χ0v) is 17.1. The van der Waals surface area contributed by atoms with Gasteiger partial charge >= 0.3 is 0 Å². The first-order valence-corrected chi connectivity index (χ1v) is 11.0. The number of benzene rings is 2. The van der Waals surface area contributed by atoms with Gasteiger partial charge in [-0.3, -0.25) is 9.10 Å². The summed E-state index contributed by atoms with van der Waals surface area (Å²) in [6.45, 7) is 4.29. The zero-order valence-electron chi connectivity index (χ0n) is 15.4. The first kappa shape index (κ1) is 19.6. The Morgan fingerprint density at radius 1 is 1.22 bits per heavy atom. The molecule has 144 valence electrons. The average molecular weight is 407 g/mol. The molecule has 1 N–H and O–H groups in total. The second kappa shape index (κ2) is 7.82. The maximum absolute atomic E-state index is 13.0. The summed E-state index contributed by atoms with van der Waals surface area (Å²) in [5.41, 5.74) is 1.07. The molecule has 0 radical (unpaired) electrons. The monoisotopic (exact) mass is 406 g/mol. The molecule has 0 fully saturated rings. The minimum atomic E-state index is -3.76. The number of nitrogens with zero attached hydrogens (tertiary/aromatic N) is 1. The minimum Gasteiger partial charge on any atom is -0.494 e. The summed E-state index contributed by atoms with van der Waals surface area (Å²) in [7, 11) is -2.26. The molecule has 8 heteroatoms. The van der Waals surface area contributed by atoms with Gasteiger partial charge in [-0.1, -0.05) is 6.92 Å². The Hall–Kier alpha value is -2.19. The molecular weight excluding hydrogens is 384 g/mol. The van der Waals surface area contributed by atoms with E-state index in [1.807, 2.05) is 13.8 Å². The average Bonchev–Trinajstić information content (AvgIpc) is 2.80. The van der Waals surface area contributed by atoms with E-state index in [2.05, 4.69) is 5.32 Å². The largest absolute Gasteiger partial charge is 0.494 e. The smallest absolute Gasteiger partial charge is 0.264 e. The molecule has 27 heavy (non-hydrogen) atoms. The van der Waals surface area contributed by atoms with Crippen LogP contribution in [0.15, 0.2) is 52.3 Å². The van der Waals surface area contributed by atoms with Crippen molar-refractivity contribution in [3.63, 3.8) is 0 Å². The van der Waals surface area contributed by atoms with Crippen molar-refractivity contribution in [2.24, 2.45) is 5.92 Å². The van der Waals surface area contributed by atoms with Crippen LogP contribution in [-0.4, -0.2) is 33.7 Å². The fourth-order valence-electron chi connectivity index (χ4n) is 2.66. The van der Waals surface area contributed by atoms with Gasteiger partial charge in [0.05, 0.1) is 22.9 Å². The van der Waals surface area contributed by atoms with Crippen LogP contribution in [0, 0.1) is 5.92 Å². The lowest BCUT2D eigenvalue weighted by atomic mass is 10.2. The lowest BCUT2D eigenvalue weighted by molar-refractivity contribution is -0.118. The van der Waals surface area contributed by atoms with Crippen LogP contribution in [0.1, 0.15) is 13.8 Å². The second-order valence-electron chi connectivity index (χ2n) is 6.26. The topological polar surface area (TPSA) is 75.7 Å². The van der Waals surface area contributed by atoms with Gasteiger partial charge in [-0.2, -0.15) is 0 Å². The van der Waals surface area contributed by atoms with Crippen LogP contribution in [-0.2, 0) is 14.8 Å². The predicted molar refractivity (Wildman–Crippen MR) is 108 cm³/mol. The van der Waals surface area contributed by atoms with Crippen LogP contribution in [0.4, 0.5) is 11.4 Å². The van der Waals surface area contributed by atoms with Gasteiger partial charge in [0.15, 0.2) is 0 Å². The second-order valence-corrected chi connectivity index (χ2v) is 9.29. The third-order valence-electron chi connectivity index (χ3n) is 4.32. The Balaban J connectivity index is 1.90. The highest BCUT2D eigenvalue weighted by Crippen LogP contribution is 2.35. The van der Waals surface area contributed by atoms with Crippen molar-refractivity contribution in [1.29, 1.82) is 0 Å². The Bertz CT molecular complexity index is 943. The Kier molecular flexibility index (Phi) is 5.67. The van der Waals surface area contributed by atoms with Crippen molar-refractivity contribution in [3.8, 4) is 5.75 Å².